The van der Waals surface area contributed by atoms with E-state index in [1.165, 1.54) is 11.3 Å². The van der Waals surface area contributed by atoms with E-state index in [0.717, 1.165) is 4.88 Å². The first-order chi connectivity index (χ1) is 3.29. The Morgan fingerprint density at radius 1 is 1.86 bits per heavy atom. The minimum absolute atomic E-state index is 0.650. The molecule has 1 aromatic heterocycles. The highest BCUT2D eigenvalue weighted by atomic mass is 32.1. The summed E-state index contributed by atoms with van der Waals surface area (Å²) >= 11 is 1.51. The van der Waals surface area contributed by atoms with Gasteiger partial charge in [0.1, 0.15) is 0 Å². The average molecular weight is 109 g/mol. The van der Waals surface area contributed by atoms with Crippen molar-refractivity contribution in [3.63, 3.8) is 0 Å². The number of nitrogens with zero attached hydrogens (tertiary/aromatic N) is 1. The lowest BCUT2D eigenvalue weighted by atomic mass is 10.2. The zero-order valence-corrected chi connectivity index (χ0v) is 4.83. The molecule has 1 aromatic rings. The lowest BCUT2D eigenvalue weighted by Gasteiger charge is -1.69. The monoisotopic (exact) mass is 109 g/mol. The maximum absolute atomic E-state index is 5.29. The van der Waals surface area contributed by atoms with Gasteiger partial charge in [-0.25, -0.2) is 0 Å². The topological polar surface area (TPSA) is 12.9 Å². The Balaban J connectivity index is 3.04. The zero-order chi connectivity index (χ0) is 5.28. The van der Waals surface area contributed by atoms with Crippen LogP contribution in [0.15, 0.2) is 6.20 Å². The fourth-order valence-corrected chi connectivity index (χ4v) is 0.913. The van der Waals surface area contributed by atoms with Gasteiger partial charge in [0.15, 0.2) is 7.85 Å². The summed E-state index contributed by atoms with van der Waals surface area (Å²) in [7, 11) is 5.29. The highest BCUT2D eigenvalue weighted by molar-refractivity contribution is 7.19. The summed E-state index contributed by atoms with van der Waals surface area (Å²) in [6.45, 7) is 1.98. The maximum Gasteiger partial charge on any atom is 0.157 e. The van der Waals surface area contributed by atoms with Crippen LogP contribution >= 0.6 is 11.3 Å². The molecular weight excluding hydrogens is 105 g/mol. The molecule has 1 rings (SSSR count). The Kier molecular flexibility index (Phi) is 1.15. The van der Waals surface area contributed by atoms with E-state index in [9.17, 15) is 0 Å². The molecule has 1 nitrogen and oxygen atoms in total. The predicted molar refractivity (Wildman–Crippen MR) is 32.2 cm³/mol. The van der Waals surface area contributed by atoms with Gasteiger partial charge in [-0.15, -0.1) is 11.3 Å². The largest absolute Gasteiger partial charge is 0.261 e. The third kappa shape index (κ3) is 1.03. The van der Waals surface area contributed by atoms with Crippen LogP contribution in [0.4, 0.5) is 0 Å². The van der Waals surface area contributed by atoms with Gasteiger partial charge in [-0.1, -0.05) is 0 Å². The van der Waals surface area contributed by atoms with Crippen molar-refractivity contribution in [1.82, 2.24) is 4.98 Å². The highest BCUT2D eigenvalue weighted by Crippen LogP contribution is 1.96. The molecule has 0 aliphatic heterocycles. The number of rotatable bonds is 0. The molecule has 0 unspecified atom stereocenters. The molecule has 0 saturated heterocycles. The second-order valence-corrected chi connectivity index (χ2v) is 2.58. The molecule has 0 amide bonds. The summed E-state index contributed by atoms with van der Waals surface area (Å²) in [5, 5.41) is 0. The van der Waals surface area contributed by atoms with Crippen molar-refractivity contribution < 1.29 is 0 Å². The minimum Gasteiger partial charge on any atom is -0.261 e. The number of thiazole rings is 1. The number of hydrogen-bond acceptors (Lipinski definition) is 2. The van der Waals surface area contributed by atoms with E-state index in [-0.39, 0.29) is 0 Å². The van der Waals surface area contributed by atoms with Crippen LogP contribution < -0.4 is 4.91 Å². The van der Waals surface area contributed by atoms with E-state index in [4.69, 9.17) is 7.85 Å². The first kappa shape index (κ1) is 4.84. The quantitative estimate of drug-likeness (QED) is 0.435. The Labute approximate surface area is 47.8 Å². The Morgan fingerprint density at radius 3 is 2.71 bits per heavy atom. The van der Waals surface area contributed by atoms with Gasteiger partial charge >= 0.3 is 0 Å². The van der Waals surface area contributed by atoms with Gasteiger partial charge in [0.2, 0.25) is 0 Å². The first-order valence-corrected chi connectivity index (χ1v) is 2.78. The lowest BCUT2D eigenvalue weighted by molar-refractivity contribution is 1.42. The van der Waals surface area contributed by atoms with E-state index in [1.54, 1.807) is 6.20 Å². The van der Waals surface area contributed by atoms with Crippen LogP contribution in [-0.2, 0) is 0 Å². The molecule has 1 heterocycles. The van der Waals surface area contributed by atoms with Gasteiger partial charge in [0.25, 0.3) is 0 Å². The van der Waals surface area contributed by atoms with Crippen molar-refractivity contribution in [1.29, 1.82) is 0 Å². The SMILES string of the molecule is [B]c1ncc(C)s1. The molecule has 0 aromatic carbocycles. The molecule has 0 aliphatic carbocycles. The van der Waals surface area contributed by atoms with Crippen LogP contribution in [0.1, 0.15) is 4.88 Å². The maximum atomic E-state index is 5.29. The van der Waals surface area contributed by atoms with Crippen LogP contribution in [0, 0.1) is 6.92 Å². The van der Waals surface area contributed by atoms with Crippen LogP contribution in [0.3, 0.4) is 0 Å². The van der Waals surface area contributed by atoms with Crippen molar-refractivity contribution >= 4 is 24.1 Å². The molecule has 0 spiro atoms. The molecule has 7 heavy (non-hydrogen) atoms. The van der Waals surface area contributed by atoms with E-state index < -0.39 is 0 Å². The van der Waals surface area contributed by atoms with Crippen LogP contribution in [0.5, 0.6) is 0 Å². The van der Waals surface area contributed by atoms with Crippen LogP contribution in [0.25, 0.3) is 0 Å². The Morgan fingerprint density at radius 2 is 2.57 bits per heavy atom. The predicted octanol–water partition coefficient (Wildman–Crippen LogP) is 0.245. The molecule has 0 N–H and O–H groups in total. The van der Waals surface area contributed by atoms with Gasteiger partial charge in [-0.05, 0) is 6.92 Å². The lowest BCUT2D eigenvalue weighted by Crippen LogP contribution is -1.95. The number of aromatic nitrogens is 1. The van der Waals surface area contributed by atoms with Crippen LogP contribution in [0.2, 0.25) is 0 Å². The molecule has 3 heteroatoms. The molecule has 0 saturated carbocycles. The molecule has 0 bridgehead atoms. The van der Waals surface area contributed by atoms with Gasteiger partial charge in [0.05, 0.1) is 0 Å². The Bertz CT molecular complexity index is 144. The summed E-state index contributed by atoms with van der Waals surface area (Å²) in [6, 6.07) is 0. The van der Waals surface area contributed by atoms with Crippen LogP contribution in [-0.4, -0.2) is 12.8 Å². The average Bonchev–Trinajstić information content (AvgIpc) is 1.87. The highest BCUT2D eigenvalue weighted by Gasteiger charge is 1.85. The van der Waals surface area contributed by atoms with Gasteiger partial charge < -0.3 is 0 Å². The van der Waals surface area contributed by atoms with Crippen molar-refractivity contribution in [2.45, 2.75) is 6.92 Å². The van der Waals surface area contributed by atoms with E-state index >= 15 is 0 Å². The number of hydrogen-bond donors (Lipinski definition) is 0. The molecule has 0 atom stereocenters. The summed E-state index contributed by atoms with van der Waals surface area (Å²) in [5.41, 5.74) is 0. The molecule has 2 radical (unpaired) electrons. The van der Waals surface area contributed by atoms with Gasteiger partial charge in [-0.2, -0.15) is 0 Å². The van der Waals surface area contributed by atoms with E-state index in [0.29, 0.717) is 4.91 Å². The Hall–Kier alpha value is -0.305. The summed E-state index contributed by atoms with van der Waals surface area (Å²) < 4.78 is 0. The zero-order valence-electron chi connectivity index (χ0n) is 4.01. The smallest absolute Gasteiger partial charge is 0.157 e. The fraction of sp³-hybridized carbons (Fsp3) is 0.250. The third-order valence-corrected chi connectivity index (χ3v) is 1.38. The van der Waals surface area contributed by atoms with E-state index in [1.807, 2.05) is 6.92 Å². The minimum atomic E-state index is 0.650. The molecule has 34 valence electrons. The molecule has 0 fully saturated rings. The second-order valence-electron chi connectivity index (χ2n) is 1.31. The molecular formula is C4H4BNS. The van der Waals surface area contributed by atoms with Crippen molar-refractivity contribution in [3.05, 3.63) is 11.1 Å². The van der Waals surface area contributed by atoms with Crippen molar-refractivity contribution in [2.24, 2.45) is 0 Å². The van der Waals surface area contributed by atoms with Crippen molar-refractivity contribution in [2.75, 3.05) is 0 Å². The van der Waals surface area contributed by atoms with Gasteiger partial charge in [-0.3, -0.25) is 4.98 Å². The standard InChI is InChI=1S/C4H4BNS/c1-3-2-6-4(5)7-3/h2H,1H3. The summed E-state index contributed by atoms with van der Waals surface area (Å²) in [6.07, 6.45) is 1.76. The van der Waals surface area contributed by atoms with E-state index in [2.05, 4.69) is 4.98 Å². The number of aryl methyl sites for hydroxylation is 1. The van der Waals surface area contributed by atoms with Gasteiger partial charge in [0, 0.05) is 16.0 Å². The normalized spacial score (nSPS) is 9.29. The summed E-state index contributed by atoms with van der Waals surface area (Å²) in [4.78, 5) is 5.63. The first-order valence-electron chi connectivity index (χ1n) is 1.97. The van der Waals surface area contributed by atoms with Crippen molar-refractivity contribution in [3.8, 4) is 0 Å². The third-order valence-electron chi connectivity index (χ3n) is 0.639. The molecule has 0 aliphatic rings. The second kappa shape index (κ2) is 1.66. The fourth-order valence-electron chi connectivity index (χ4n) is 0.372. The summed E-state index contributed by atoms with van der Waals surface area (Å²) in [5.74, 6) is 0.